The third kappa shape index (κ3) is 4.09. The van der Waals surface area contributed by atoms with Crippen molar-refractivity contribution < 1.29 is 9.59 Å². The predicted molar refractivity (Wildman–Crippen MR) is 126 cm³/mol. The molecule has 32 heavy (non-hydrogen) atoms. The number of carbonyl (C=O) groups excluding carboxylic acids is 2. The number of nitrogens with one attached hydrogen (secondary N) is 1. The highest BCUT2D eigenvalue weighted by Crippen LogP contribution is 2.21. The van der Waals surface area contributed by atoms with E-state index < -0.39 is 0 Å². The Hall–Kier alpha value is -3.65. The first-order chi connectivity index (χ1) is 15.4. The number of fused-ring (bicyclic) bond motifs is 1. The molecule has 8 heteroatoms. The molecule has 0 saturated carbocycles. The minimum atomic E-state index is -0.254. The molecule has 0 fully saturated rings. The van der Waals surface area contributed by atoms with Crippen LogP contribution in [0.1, 0.15) is 32.1 Å². The molecule has 0 saturated heterocycles. The van der Waals surface area contributed by atoms with E-state index in [2.05, 4.69) is 10.4 Å². The molecule has 0 aliphatic carbocycles. The SMILES string of the molecule is Cc1cc(C(=O)CSc2nc3ccccc3c(=O)n2C)c(C)n1NC(=O)c1ccccc1. The zero-order valence-corrected chi connectivity index (χ0v) is 18.8. The van der Waals surface area contributed by atoms with Gasteiger partial charge in [-0.1, -0.05) is 42.1 Å². The number of carbonyl (C=O) groups is 2. The van der Waals surface area contributed by atoms with Gasteiger partial charge in [-0.05, 0) is 44.2 Å². The normalized spacial score (nSPS) is 11.0. The lowest BCUT2D eigenvalue weighted by Crippen LogP contribution is -2.25. The van der Waals surface area contributed by atoms with E-state index in [0.717, 1.165) is 5.69 Å². The van der Waals surface area contributed by atoms with Crippen molar-refractivity contribution in [3.8, 4) is 0 Å². The van der Waals surface area contributed by atoms with E-state index in [1.807, 2.05) is 19.1 Å². The molecular weight excluding hydrogens is 424 g/mol. The molecule has 0 radical (unpaired) electrons. The van der Waals surface area contributed by atoms with Crippen LogP contribution in [-0.2, 0) is 7.05 Å². The van der Waals surface area contributed by atoms with Crippen molar-refractivity contribution in [1.29, 1.82) is 0 Å². The number of hydrogen-bond acceptors (Lipinski definition) is 5. The standard InChI is InChI=1S/C24H22N4O3S/c1-15-13-19(16(2)28(15)26-22(30)17-9-5-4-6-10-17)21(29)14-32-24-25-20-12-8-7-11-18(20)23(31)27(24)3/h4-13H,14H2,1-3H3,(H,26,30). The van der Waals surface area contributed by atoms with E-state index in [-0.39, 0.29) is 23.0 Å². The first kappa shape index (κ1) is 21.6. The number of nitrogens with zero attached hydrogens (tertiary/aromatic N) is 3. The summed E-state index contributed by atoms with van der Waals surface area (Å²) in [6, 6.07) is 17.8. The van der Waals surface area contributed by atoms with Gasteiger partial charge in [-0.2, -0.15) is 0 Å². The van der Waals surface area contributed by atoms with Gasteiger partial charge in [0.15, 0.2) is 10.9 Å². The van der Waals surface area contributed by atoms with E-state index >= 15 is 0 Å². The van der Waals surface area contributed by atoms with Crippen LogP contribution in [0.25, 0.3) is 10.9 Å². The third-order valence-electron chi connectivity index (χ3n) is 5.26. The smallest absolute Gasteiger partial charge is 0.270 e. The number of amides is 1. The summed E-state index contributed by atoms with van der Waals surface area (Å²) in [5.41, 5.74) is 5.75. The first-order valence-electron chi connectivity index (χ1n) is 10.0. The van der Waals surface area contributed by atoms with Crippen LogP contribution in [0.3, 0.4) is 0 Å². The lowest BCUT2D eigenvalue weighted by Gasteiger charge is -2.12. The molecule has 162 valence electrons. The average molecular weight is 447 g/mol. The molecule has 0 aliphatic rings. The highest BCUT2D eigenvalue weighted by Gasteiger charge is 2.19. The van der Waals surface area contributed by atoms with Gasteiger partial charge in [0.05, 0.1) is 16.7 Å². The summed E-state index contributed by atoms with van der Waals surface area (Å²) in [5.74, 6) is -0.239. The van der Waals surface area contributed by atoms with Crippen molar-refractivity contribution in [1.82, 2.24) is 14.2 Å². The Labute approximate surface area is 189 Å². The second-order valence-electron chi connectivity index (χ2n) is 7.41. The van der Waals surface area contributed by atoms with Crippen LogP contribution in [-0.4, -0.2) is 31.7 Å². The second-order valence-corrected chi connectivity index (χ2v) is 8.36. The fourth-order valence-electron chi connectivity index (χ4n) is 3.51. The van der Waals surface area contributed by atoms with E-state index in [1.165, 1.54) is 16.3 Å². The maximum Gasteiger partial charge on any atom is 0.270 e. The molecule has 7 nitrogen and oxygen atoms in total. The summed E-state index contributed by atoms with van der Waals surface area (Å²) in [6.45, 7) is 3.62. The Kier molecular flexibility index (Phi) is 5.96. The van der Waals surface area contributed by atoms with Crippen molar-refractivity contribution >= 4 is 34.4 Å². The van der Waals surface area contributed by atoms with Gasteiger partial charge in [-0.15, -0.1) is 0 Å². The fraction of sp³-hybridized carbons (Fsp3) is 0.167. The van der Waals surface area contributed by atoms with Gasteiger partial charge in [0.25, 0.3) is 11.5 Å². The molecule has 2 aromatic heterocycles. The van der Waals surface area contributed by atoms with Crippen molar-refractivity contribution in [2.24, 2.45) is 7.05 Å². The average Bonchev–Trinajstić information content (AvgIpc) is 3.09. The molecular formula is C24H22N4O3S. The Morgan fingerprint density at radius 3 is 2.47 bits per heavy atom. The quantitative estimate of drug-likeness (QED) is 0.277. The minimum Gasteiger partial charge on any atom is -0.293 e. The molecule has 4 aromatic rings. The number of ketones is 1. The number of para-hydroxylation sites is 1. The highest BCUT2D eigenvalue weighted by molar-refractivity contribution is 7.99. The molecule has 0 atom stereocenters. The topological polar surface area (TPSA) is 86.0 Å². The van der Waals surface area contributed by atoms with Gasteiger partial charge in [0.1, 0.15) is 0 Å². The van der Waals surface area contributed by atoms with Gasteiger partial charge >= 0.3 is 0 Å². The van der Waals surface area contributed by atoms with Crippen LogP contribution in [0.5, 0.6) is 0 Å². The van der Waals surface area contributed by atoms with Crippen LogP contribution >= 0.6 is 11.8 Å². The lowest BCUT2D eigenvalue weighted by molar-refractivity contribution is 0.0999. The monoisotopic (exact) mass is 446 g/mol. The maximum absolute atomic E-state index is 13.0. The Bertz CT molecular complexity index is 1390. The summed E-state index contributed by atoms with van der Waals surface area (Å²) in [4.78, 5) is 42.6. The van der Waals surface area contributed by atoms with Crippen LogP contribution in [0, 0.1) is 13.8 Å². The summed E-state index contributed by atoms with van der Waals surface area (Å²) < 4.78 is 3.08. The maximum atomic E-state index is 13.0. The third-order valence-corrected chi connectivity index (χ3v) is 6.29. The largest absolute Gasteiger partial charge is 0.293 e. The Morgan fingerprint density at radius 2 is 1.72 bits per heavy atom. The van der Waals surface area contributed by atoms with E-state index in [0.29, 0.717) is 32.9 Å². The summed E-state index contributed by atoms with van der Waals surface area (Å²) in [7, 11) is 1.65. The lowest BCUT2D eigenvalue weighted by atomic mass is 10.2. The molecule has 0 spiro atoms. The van der Waals surface area contributed by atoms with Gasteiger partial charge in [0, 0.05) is 29.6 Å². The van der Waals surface area contributed by atoms with Crippen LogP contribution in [0.15, 0.2) is 70.6 Å². The molecule has 0 aliphatic heterocycles. The zero-order valence-electron chi connectivity index (χ0n) is 18.0. The number of Topliss-reactive ketones (excluding diaryl/α,β-unsaturated/α-hetero) is 1. The highest BCUT2D eigenvalue weighted by atomic mass is 32.2. The molecule has 0 unspecified atom stereocenters. The summed E-state index contributed by atoms with van der Waals surface area (Å²) >= 11 is 1.22. The number of benzene rings is 2. The Morgan fingerprint density at radius 1 is 1.03 bits per heavy atom. The van der Waals surface area contributed by atoms with Crippen molar-refractivity contribution in [2.75, 3.05) is 11.2 Å². The summed E-state index contributed by atoms with van der Waals surface area (Å²) in [6.07, 6.45) is 0. The second kappa shape index (κ2) is 8.84. The number of aryl methyl sites for hydroxylation is 1. The number of hydrogen-bond donors (Lipinski definition) is 1. The van der Waals surface area contributed by atoms with Crippen molar-refractivity contribution in [3.05, 3.63) is 93.5 Å². The van der Waals surface area contributed by atoms with Gasteiger partial charge in [-0.3, -0.25) is 29.1 Å². The molecule has 0 bridgehead atoms. The van der Waals surface area contributed by atoms with Crippen LogP contribution < -0.4 is 11.0 Å². The number of thioether (sulfide) groups is 1. The van der Waals surface area contributed by atoms with Crippen molar-refractivity contribution in [3.63, 3.8) is 0 Å². The number of aromatic nitrogens is 3. The van der Waals surface area contributed by atoms with E-state index in [4.69, 9.17) is 0 Å². The summed E-state index contributed by atoms with van der Waals surface area (Å²) in [5, 5.41) is 1.02. The van der Waals surface area contributed by atoms with Gasteiger partial charge < -0.3 is 0 Å². The van der Waals surface area contributed by atoms with E-state index in [1.54, 1.807) is 67.2 Å². The molecule has 1 amide bonds. The number of rotatable bonds is 6. The first-order valence-corrected chi connectivity index (χ1v) is 11.0. The van der Waals surface area contributed by atoms with Crippen LogP contribution in [0.4, 0.5) is 0 Å². The van der Waals surface area contributed by atoms with Gasteiger partial charge in [0.2, 0.25) is 0 Å². The van der Waals surface area contributed by atoms with E-state index in [9.17, 15) is 14.4 Å². The predicted octanol–water partition coefficient (Wildman–Crippen LogP) is 3.71. The van der Waals surface area contributed by atoms with Crippen molar-refractivity contribution in [2.45, 2.75) is 19.0 Å². The molecule has 4 rings (SSSR count). The fourth-order valence-corrected chi connectivity index (χ4v) is 4.36. The Balaban J connectivity index is 1.53. The van der Waals surface area contributed by atoms with Gasteiger partial charge in [-0.25, -0.2) is 4.98 Å². The minimum absolute atomic E-state index is 0.106. The molecule has 2 heterocycles. The molecule has 1 N–H and O–H groups in total. The van der Waals surface area contributed by atoms with Crippen LogP contribution in [0.2, 0.25) is 0 Å². The molecule has 2 aromatic carbocycles. The zero-order chi connectivity index (χ0) is 22.8.